The Balaban J connectivity index is 1.32. The number of benzene rings is 2. The van der Waals surface area contributed by atoms with Crippen LogP contribution < -0.4 is 15.1 Å². The first kappa shape index (κ1) is 25.1. The van der Waals surface area contributed by atoms with Crippen molar-refractivity contribution >= 4 is 17.3 Å². The fraction of sp³-hybridized carbons (Fsp3) is 0.500. The Morgan fingerprint density at radius 3 is 2.61 bits per heavy atom. The lowest BCUT2D eigenvalue weighted by Crippen LogP contribution is -2.48. The van der Waals surface area contributed by atoms with Crippen molar-refractivity contribution in [3.8, 4) is 0 Å². The molecule has 1 N–H and O–H groups in total. The van der Waals surface area contributed by atoms with Crippen molar-refractivity contribution in [2.45, 2.75) is 69.2 Å². The zero-order valence-electron chi connectivity index (χ0n) is 23.1. The molecule has 2 aromatic carbocycles. The maximum atomic E-state index is 13.9. The highest BCUT2D eigenvalue weighted by molar-refractivity contribution is 6.11. The molecule has 2 saturated carbocycles. The van der Waals surface area contributed by atoms with E-state index in [1.807, 2.05) is 22.6 Å². The first-order valence-electron chi connectivity index (χ1n) is 13.6. The zero-order chi connectivity index (χ0) is 26.7. The maximum absolute atomic E-state index is 13.9. The minimum absolute atomic E-state index is 0.0630. The van der Waals surface area contributed by atoms with Crippen molar-refractivity contribution in [1.29, 1.82) is 0 Å². The second-order valence-electron chi connectivity index (χ2n) is 11.9. The van der Waals surface area contributed by atoms with Crippen LogP contribution in [0.4, 0.5) is 11.4 Å². The summed E-state index contributed by atoms with van der Waals surface area (Å²) in [5.74, 6) is 0.999. The first-order valence-corrected chi connectivity index (χ1v) is 13.6. The summed E-state index contributed by atoms with van der Waals surface area (Å²) in [4.78, 5) is 17.9. The third-order valence-electron chi connectivity index (χ3n) is 9.07. The number of carbonyl (C=O) groups excluding carboxylic acids is 1. The molecule has 38 heavy (non-hydrogen) atoms. The van der Waals surface area contributed by atoms with Crippen molar-refractivity contribution in [3.63, 3.8) is 0 Å². The highest BCUT2D eigenvalue weighted by atomic mass is 16.5. The third kappa shape index (κ3) is 4.01. The second kappa shape index (κ2) is 9.20. The number of ether oxygens (including phenoxy) is 1. The summed E-state index contributed by atoms with van der Waals surface area (Å²) in [6.45, 7) is 3.63. The van der Waals surface area contributed by atoms with Gasteiger partial charge in [0.25, 0.3) is 5.91 Å². The van der Waals surface area contributed by atoms with Crippen LogP contribution in [-0.4, -0.2) is 53.5 Å². The van der Waals surface area contributed by atoms with E-state index in [1.54, 1.807) is 13.4 Å². The average molecular weight is 515 g/mol. The van der Waals surface area contributed by atoms with Gasteiger partial charge < -0.3 is 24.4 Å². The fourth-order valence-corrected chi connectivity index (χ4v) is 6.48. The van der Waals surface area contributed by atoms with E-state index >= 15 is 0 Å². The summed E-state index contributed by atoms with van der Waals surface area (Å²) in [5, 5.41) is 12.4. The molecule has 2 fully saturated rings. The first-order chi connectivity index (χ1) is 18.2. The Kier molecular flexibility index (Phi) is 6.07. The minimum Gasteiger partial charge on any atom is -0.381 e. The van der Waals surface area contributed by atoms with Crippen LogP contribution in [-0.2, 0) is 30.3 Å². The van der Waals surface area contributed by atoms with Crippen LogP contribution in [0.25, 0.3) is 0 Å². The standard InChI is InChI=1S/C30H38N6O2/c1-29(10-7-11-29)31-17-20-12-24-25(26(13-20)34(2)3)18-36(27(24)37)22-9-6-8-21(14-22)30(15-23(16-30)38-5)28-33-32-19-35(28)4/h6,8-9,12-14,19,23,31H,7,10-11,15-18H2,1-5H3. The molecule has 1 amide bonds. The maximum Gasteiger partial charge on any atom is 0.259 e. The second-order valence-corrected chi connectivity index (χ2v) is 11.9. The van der Waals surface area contributed by atoms with E-state index in [2.05, 4.69) is 71.8 Å². The Labute approximate surface area is 225 Å². The summed E-state index contributed by atoms with van der Waals surface area (Å²) >= 11 is 0. The van der Waals surface area contributed by atoms with E-state index in [0.29, 0.717) is 6.54 Å². The molecule has 8 heteroatoms. The van der Waals surface area contributed by atoms with Crippen LogP contribution in [0.15, 0.2) is 42.7 Å². The Morgan fingerprint density at radius 2 is 1.97 bits per heavy atom. The normalized spacial score (nSPS) is 23.7. The molecule has 0 bridgehead atoms. The summed E-state index contributed by atoms with van der Waals surface area (Å²) < 4.78 is 7.66. The van der Waals surface area contributed by atoms with E-state index in [4.69, 9.17) is 4.74 Å². The van der Waals surface area contributed by atoms with Gasteiger partial charge >= 0.3 is 0 Å². The number of hydrogen-bond donors (Lipinski definition) is 1. The molecule has 0 spiro atoms. The third-order valence-corrected chi connectivity index (χ3v) is 9.07. The lowest BCUT2D eigenvalue weighted by Gasteiger charge is -2.46. The molecule has 0 unspecified atom stereocenters. The van der Waals surface area contributed by atoms with Crippen molar-refractivity contribution in [2.24, 2.45) is 7.05 Å². The summed E-state index contributed by atoms with van der Waals surface area (Å²) in [5.41, 5.74) is 6.18. The summed E-state index contributed by atoms with van der Waals surface area (Å²) in [6.07, 6.45) is 7.33. The van der Waals surface area contributed by atoms with Crippen LogP contribution in [0.3, 0.4) is 0 Å². The van der Waals surface area contributed by atoms with Gasteiger partial charge in [-0.1, -0.05) is 12.1 Å². The van der Waals surface area contributed by atoms with E-state index in [-0.39, 0.29) is 23.0 Å². The molecule has 0 radical (unpaired) electrons. The molecule has 2 heterocycles. The van der Waals surface area contributed by atoms with Crippen molar-refractivity contribution in [2.75, 3.05) is 31.0 Å². The van der Waals surface area contributed by atoms with E-state index in [0.717, 1.165) is 58.8 Å². The highest BCUT2D eigenvalue weighted by Gasteiger charge is 2.50. The number of nitrogens with one attached hydrogen (secondary N) is 1. The Hall–Kier alpha value is -3.23. The van der Waals surface area contributed by atoms with Gasteiger partial charge in [0, 0.05) is 62.8 Å². The number of aryl methyl sites for hydroxylation is 1. The molecule has 1 aliphatic heterocycles. The molecule has 200 valence electrons. The van der Waals surface area contributed by atoms with Crippen molar-refractivity contribution in [1.82, 2.24) is 20.1 Å². The monoisotopic (exact) mass is 514 g/mol. The summed E-state index contributed by atoms with van der Waals surface area (Å²) in [7, 11) is 7.87. The van der Waals surface area contributed by atoms with E-state index in [9.17, 15) is 4.79 Å². The highest BCUT2D eigenvalue weighted by Crippen LogP contribution is 2.50. The summed E-state index contributed by atoms with van der Waals surface area (Å²) in [6, 6.07) is 12.7. The Bertz CT molecular complexity index is 1370. The number of nitrogens with zero attached hydrogens (tertiary/aromatic N) is 5. The zero-order valence-corrected chi connectivity index (χ0v) is 23.1. The van der Waals surface area contributed by atoms with Gasteiger partial charge in [0.1, 0.15) is 12.2 Å². The van der Waals surface area contributed by atoms with Gasteiger partial charge in [0.2, 0.25) is 0 Å². The van der Waals surface area contributed by atoms with Crippen LogP contribution >= 0.6 is 0 Å². The number of fused-ring (bicyclic) bond motifs is 1. The fourth-order valence-electron chi connectivity index (χ4n) is 6.48. The van der Waals surface area contributed by atoms with E-state index < -0.39 is 0 Å². The molecule has 1 aromatic heterocycles. The van der Waals surface area contributed by atoms with Gasteiger partial charge in [-0.05, 0) is 74.4 Å². The lowest BCUT2D eigenvalue weighted by molar-refractivity contribution is -0.00695. The average Bonchev–Trinajstić information content (AvgIpc) is 3.44. The van der Waals surface area contributed by atoms with E-state index in [1.165, 1.54) is 19.3 Å². The van der Waals surface area contributed by atoms with Crippen LogP contribution in [0, 0.1) is 0 Å². The van der Waals surface area contributed by atoms with Gasteiger partial charge in [-0.2, -0.15) is 0 Å². The molecule has 8 nitrogen and oxygen atoms in total. The predicted octanol–water partition coefficient (Wildman–Crippen LogP) is 4.17. The molecule has 2 aliphatic carbocycles. The molecule has 0 saturated heterocycles. The largest absolute Gasteiger partial charge is 0.381 e. The number of methoxy groups -OCH3 is 1. The van der Waals surface area contributed by atoms with Crippen LogP contribution in [0.2, 0.25) is 0 Å². The number of amides is 1. The molecule has 3 aliphatic rings. The minimum atomic E-state index is -0.275. The van der Waals surface area contributed by atoms with Gasteiger partial charge in [-0.15, -0.1) is 10.2 Å². The van der Waals surface area contributed by atoms with Gasteiger partial charge in [0.05, 0.1) is 18.1 Å². The Morgan fingerprint density at radius 1 is 1.18 bits per heavy atom. The number of anilines is 2. The number of carbonyl (C=O) groups is 1. The van der Waals surface area contributed by atoms with Gasteiger partial charge in [0.15, 0.2) is 0 Å². The van der Waals surface area contributed by atoms with Crippen molar-refractivity contribution in [3.05, 3.63) is 70.8 Å². The van der Waals surface area contributed by atoms with Crippen LogP contribution in [0.1, 0.15) is 71.9 Å². The quantitative estimate of drug-likeness (QED) is 0.486. The molecule has 6 rings (SSSR count). The number of hydrogen-bond acceptors (Lipinski definition) is 6. The van der Waals surface area contributed by atoms with Gasteiger partial charge in [-0.25, -0.2) is 0 Å². The smallest absolute Gasteiger partial charge is 0.259 e. The molecular formula is C30H38N6O2. The number of rotatable bonds is 8. The molecule has 3 aromatic rings. The SMILES string of the molecule is COC1CC(c2cccc(N3Cc4c(cc(CNC5(C)CCC5)cc4N(C)C)C3=O)c2)(c2nncn2C)C1. The lowest BCUT2D eigenvalue weighted by atomic mass is 9.62. The van der Waals surface area contributed by atoms with Crippen molar-refractivity contribution < 1.29 is 9.53 Å². The number of aromatic nitrogens is 3. The predicted molar refractivity (Wildman–Crippen MR) is 149 cm³/mol. The molecule has 0 atom stereocenters. The molecular weight excluding hydrogens is 476 g/mol. The van der Waals surface area contributed by atoms with Gasteiger partial charge in [-0.3, -0.25) is 4.79 Å². The van der Waals surface area contributed by atoms with Crippen LogP contribution in [0.5, 0.6) is 0 Å². The topological polar surface area (TPSA) is 75.5 Å².